The molecule has 0 spiro atoms. The first-order valence-electron chi connectivity index (χ1n) is 9.39. The number of hydrogen-bond acceptors (Lipinski definition) is 4. The van der Waals surface area contributed by atoms with Crippen molar-refractivity contribution in [3.05, 3.63) is 35.4 Å². The number of benzene rings is 1. The van der Waals surface area contributed by atoms with E-state index in [1.807, 2.05) is 17.0 Å². The molecule has 1 amide bonds. The van der Waals surface area contributed by atoms with Crippen LogP contribution in [0.25, 0.3) is 0 Å². The third-order valence-electron chi connectivity index (χ3n) is 4.66. The largest absolute Gasteiger partial charge is 0.394 e. The number of carbonyl (C=O) groups excluding carboxylic acids is 1. The van der Waals surface area contributed by atoms with E-state index in [1.165, 1.54) is 12.0 Å². The van der Waals surface area contributed by atoms with E-state index in [0.29, 0.717) is 19.1 Å². The smallest absolute Gasteiger partial charge is 0.253 e. The van der Waals surface area contributed by atoms with Crippen molar-refractivity contribution in [3.63, 3.8) is 0 Å². The Morgan fingerprint density at radius 3 is 2.40 bits per heavy atom. The van der Waals surface area contributed by atoms with E-state index >= 15 is 0 Å². The molecule has 5 nitrogen and oxygen atoms in total. The molecule has 0 aromatic heterocycles. The average molecular weight is 348 g/mol. The molecule has 1 heterocycles. The topological polar surface area (TPSA) is 53.0 Å². The Morgan fingerprint density at radius 1 is 1.12 bits per heavy atom. The Labute approximate surface area is 151 Å². The minimum Gasteiger partial charge on any atom is -0.394 e. The van der Waals surface area contributed by atoms with Gasteiger partial charge in [0.1, 0.15) is 0 Å². The molecule has 1 N–H and O–H groups in total. The van der Waals surface area contributed by atoms with Crippen molar-refractivity contribution >= 4 is 5.91 Å². The predicted octanol–water partition coefficient (Wildman–Crippen LogP) is 2.04. The van der Waals surface area contributed by atoms with Gasteiger partial charge in [0.15, 0.2) is 0 Å². The normalized spacial score (nSPS) is 15.8. The number of carbonyl (C=O) groups is 1. The lowest BCUT2D eigenvalue weighted by Crippen LogP contribution is -2.49. The molecule has 5 heteroatoms. The standard InChI is InChI=1S/C20H32N2O3/c1-17(2)3-4-18-5-7-19(8-6-18)20(24)22-11-9-21(10-12-22)13-15-25-16-14-23/h5-8,17,23H,3-4,9-16H2,1-2H3. The molecule has 1 aliphatic rings. The molecule has 0 saturated carbocycles. The maximum absolute atomic E-state index is 12.6. The summed E-state index contributed by atoms with van der Waals surface area (Å²) in [5, 5.41) is 8.70. The van der Waals surface area contributed by atoms with Gasteiger partial charge in [-0.05, 0) is 36.5 Å². The zero-order valence-electron chi connectivity index (χ0n) is 15.6. The predicted molar refractivity (Wildman–Crippen MR) is 99.8 cm³/mol. The maximum atomic E-state index is 12.6. The van der Waals surface area contributed by atoms with E-state index in [2.05, 4.69) is 30.9 Å². The van der Waals surface area contributed by atoms with Gasteiger partial charge in [0, 0.05) is 38.3 Å². The van der Waals surface area contributed by atoms with Crippen LogP contribution >= 0.6 is 0 Å². The number of aliphatic hydroxyl groups excluding tert-OH is 1. The summed E-state index contributed by atoms with van der Waals surface area (Å²) < 4.78 is 5.30. The molecule has 1 saturated heterocycles. The van der Waals surface area contributed by atoms with Gasteiger partial charge in [-0.25, -0.2) is 0 Å². The van der Waals surface area contributed by atoms with Gasteiger partial charge in [-0.1, -0.05) is 26.0 Å². The summed E-state index contributed by atoms with van der Waals surface area (Å²) in [4.78, 5) is 16.9. The van der Waals surface area contributed by atoms with Gasteiger partial charge in [-0.2, -0.15) is 0 Å². The number of aryl methyl sites for hydroxylation is 1. The van der Waals surface area contributed by atoms with Crippen molar-refractivity contribution in [3.8, 4) is 0 Å². The van der Waals surface area contributed by atoms with Crippen LogP contribution in [0.3, 0.4) is 0 Å². The second-order valence-electron chi connectivity index (χ2n) is 7.10. The van der Waals surface area contributed by atoms with Crippen molar-refractivity contribution < 1.29 is 14.6 Å². The SMILES string of the molecule is CC(C)CCc1ccc(C(=O)N2CCN(CCOCCO)CC2)cc1. The molecular weight excluding hydrogens is 316 g/mol. The van der Waals surface area contributed by atoms with Gasteiger partial charge >= 0.3 is 0 Å². The first-order chi connectivity index (χ1) is 12.1. The van der Waals surface area contributed by atoms with Gasteiger partial charge in [-0.15, -0.1) is 0 Å². The summed E-state index contributed by atoms with van der Waals surface area (Å²) in [5.74, 6) is 0.832. The molecule has 2 rings (SSSR count). The monoisotopic (exact) mass is 348 g/mol. The first-order valence-corrected chi connectivity index (χ1v) is 9.39. The minimum absolute atomic E-state index is 0.0680. The number of piperazine rings is 1. The van der Waals surface area contributed by atoms with Gasteiger partial charge in [-0.3, -0.25) is 9.69 Å². The third kappa shape index (κ3) is 6.77. The highest BCUT2D eigenvalue weighted by atomic mass is 16.5. The number of rotatable bonds is 9. The van der Waals surface area contributed by atoms with E-state index in [0.717, 1.165) is 44.7 Å². The van der Waals surface area contributed by atoms with Gasteiger partial charge in [0.05, 0.1) is 19.8 Å². The second kappa shape index (κ2) is 10.5. The van der Waals surface area contributed by atoms with Crippen LogP contribution in [0.15, 0.2) is 24.3 Å². The molecule has 0 aliphatic carbocycles. The zero-order valence-corrected chi connectivity index (χ0v) is 15.6. The lowest BCUT2D eigenvalue weighted by Gasteiger charge is -2.34. The molecule has 1 fully saturated rings. The van der Waals surface area contributed by atoms with Crippen LogP contribution in [0.5, 0.6) is 0 Å². The Morgan fingerprint density at radius 2 is 1.80 bits per heavy atom. The molecule has 140 valence electrons. The Bertz CT molecular complexity index is 508. The van der Waals surface area contributed by atoms with Crippen LogP contribution in [0, 0.1) is 5.92 Å². The summed E-state index contributed by atoms with van der Waals surface area (Å²) >= 11 is 0. The lowest BCUT2D eigenvalue weighted by atomic mass is 10.0. The zero-order chi connectivity index (χ0) is 18.1. The van der Waals surface area contributed by atoms with Gasteiger partial charge in [0.2, 0.25) is 0 Å². The van der Waals surface area contributed by atoms with Crippen LogP contribution in [0.4, 0.5) is 0 Å². The van der Waals surface area contributed by atoms with Crippen molar-refractivity contribution in [2.75, 3.05) is 52.5 Å². The molecule has 0 bridgehead atoms. The third-order valence-corrected chi connectivity index (χ3v) is 4.66. The van der Waals surface area contributed by atoms with Crippen molar-refractivity contribution in [2.24, 2.45) is 5.92 Å². The average Bonchev–Trinajstić information content (AvgIpc) is 2.64. The van der Waals surface area contributed by atoms with Crippen LogP contribution < -0.4 is 0 Å². The highest BCUT2D eigenvalue weighted by Gasteiger charge is 2.21. The fraction of sp³-hybridized carbons (Fsp3) is 0.650. The van der Waals surface area contributed by atoms with E-state index in [4.69, 9.17) is 9.84 Å². The van der Waals surface area contributed by atoms with E-state index in [-0.39, 0.29) is 12.5 Å². The molecule has 1 aliphatic heterocycles. The maximum Gasteiger partial charge on any atom is 0.253 e. The summed E-state index contributed by atoms with van der Waals surface area (Å²) in [5.41, 5.74) is 2.09. The molecule has 1 aromatic carbocycles. The Hall–Kier alpha value is -1.43. The van der Waals surface area contributed by atoms with Gasteiger partial charge < -0.3 is 14.7 Å². The quantitative estimate of drug-likeness (QED) is 0.694. The summed E-state index contributed by atoms with van der Waals surface area (Å²) in [6, 6.07) is 8.11. The summed E-state index contributed by atoms with van der Waals surface area (Å²) in [6.07, 6.45) is 2.25. The second-order valence-corrected chi connectivity index (χ2v) is 7.10. The van der Waals surface area contributed by atoms with Crippen LogP contribution in [-0.2, 0) is 11.2 Å². The fourth-order valence-corrected chi connectivity index (χ4v) is 2.99. The molecule has 25 heavy (non-hydrogen) atoms. The minimum atomic E-state index is 0.0680. The van der Waals surface area contributed by atoms with E-state index in [1.54, 1.807) is 0 Å². The van der Waals surface area contributed by atoms with E-state index < -0.39 is 0 Å². The number of aliphatic hydroxyl groups is 1. The van der Waals surface area contributed by atoms with Crippen molar-refractivity contribution in [1.29, 1.82) is 0 Å². The highest BCUT2D eigenvalue weighted by molar-refractivity contribution is 5.94. The molecule has 0 radical (unpaired) electrons. The molecule has 1 aromatic rings. The number of nitrogens with zero attached hydrogens (tertiary/aromatic N) is 2. The molecular formula is C20H32N2O3. The van der Waals surface area contributed by atoms with Crippen LogP contribution in [0.2, 0.25) is 0 Å². The molecule has 0 atom stereocenters. The van der Waals surface area contributed by atoms with E-state index in [9.17, 15) is 4.79 Å². The fourth-order valence-electron chi connectivity index (χ4n) is 2.99. The number of ether oxygens (including phenoxy) is 1. The van der Waals surface area contributed by atoms with Crippen molar-refractivity contribution in [1.82, 2.24) is 9.80 Å². The summed E-state index contributed by atoms with van der Waals surface area (Å²) in [6.45, 7) is 9.68. The van der Waals surface area contributed by atoms with Gasteiger partial charge in [0.25, 0.3) is 5.91 Å². The first kappa shape index (κ1) is 19.9. The van der Waals surface area contributed by atoms with Crippen molar-refractivity contribution in [2.45, 2.75) is 26.7 Å². The highest BCUT2D eigenvalue weighted by Crippen LogP contribution is 2.13. The Kier molecular flexibility index (Phi) is 8.38. The summed E-state index contributed by atoms with van der Waals surface area (Å²) in [7, 11) is 0. The number of hydrogen-bond donors (Lipinski definition) is 1. The molecule has 0 unspecified atom stereocenters. The van der Waals surface area contributed by atoms with Crippen LogP contribution in [0.1, 0.15) is 36.2 Å². The number of amides is 1. The Balaban J connectivity index is 1.76. The van der Waals surface area contributed by atoms with Crippen LogP contribution in [-0.4, -0.2) is 73.4 Å². The lowest BCUT2D eigenvalue weighted by molar-refractivity contribution is 0.0486.